The van der Waals surface area contributed by atoms with Gasteiger partial charge in [-0.05, 0) is 30.5 Å². The van der Waals surface area contributed by atoms with E-state index in [2.05, 4.69) is 11.0 Å². The molecule has 0 bridgehead atoms. The maximum atomic E-state index is 11.9. The summed E-state index contributed by atoms with van der Waals surface area (Å²) in [5.74, 6) is 0.126. The van der Waals surface area contributed by atoms with Crippen LogP contribution in [0.3, 0.4) is 0 Å². The Kier molecular flexibility index (Phi) is 4.22. The highest BCUT2D eigenvalue weighted by molar-refractivity contribution is 5.83. The Hall–Kier alpha value is -2.14. The van der Waals surface area contributed by atoms with Gasteiger partial charge in [-0.3, -0.25) is 9.69 Å². The van der Waals surface area contributed by atoms with Gasteiger partial charge in [0.25, 0.3) is 0 Å². The number of carbonyl (C=O) groups excluding carboxylic acids is 1. The predicted octanol–water partition coefficient (Wildman–Crippen LogP) is 2.07. The summed E-state index contributed by atoms with van der Waals surface area (Å²) in [6.45, 7) is 9.45. The van der Waals surface area contributed by atoms with Crippen LogP contribution in [0.2, 0.25) is 0 Å². The molecule has 1 aromatic heterocycles. The summed E-state index contributed by atoms with van der Waals surface area (Å²) in [6, 6.07) is 5.69. The maximum absolute atomic E-state index is 11.9. The molecule has 5 heteroatoms. The van der Waals surface area contributed by atoms with E-state index in [1.807, 2.05) is 24.8 Å². The Bertz CT molecular complexity index is 802. The van der Waals surface area contributed by atoms with E-state index in [1.165, 1.54) is 0 Å². The van der Waals surface area contributed by atoms with Gasteiger partial charge < -0.3 is 9.32 Å². The molecule has 0 aliphatic carbocycles. The molecule has 0 spiro atoms. The lowest BCUT2D eigenvalue weighted by molar-refractivity contribution is -0.130. The van der Waals surface area contributed by atoms with Crippen LogP contribution in [0.25, 0.3) is 11.0 Å². The first kappa shape index (κ1) is 15.7. The van der Waals surface area contributed by atoms with Crippen molar-refractivity contribution in [3.8, 4) is 0 Å². The molecule has 1 fully saturated rings. The predicted molar refractivity (Wildman–Crippen MR) is 89.5 cm³/mol. The van der Waals surface area contributed by atoms with E-state index >= 15 is 0 Å². The highest BCUT2D eigenvalue weighted by Crippen LogP contribution is 2.24. The average molecular weight is 314 g/mol. The zero-order chi connectivity index (χ0) is 16.6. The minimum Gasteiger partial charge on any atom is -0.422 e. The summed E-state index contributed by atoms with van der Waals surface area (Å²) in [6.07, 6.45) is 0. The number of aryl methyl sites for hydroxylation is 2. The van der Waals surface area contributed by atoms with Gasteiger partial charge in [-0.25, -0.2) is 4.79 Å². The van der Waals surface area contributed by atoms with E-state index in [4.69, 9.17) is 4.42 Å². The SMILES string of the molecule is CC(=O)N1CCN(Cc2cc(=O)oc3c(C)c(C)ccc23)CC1. The number of hydrogen-bond acceptors (Lipinski definition) is 4. The van der Waals surface area contributed by atoms with Crippen LogP contribution < -0.4 is 5.63 Å². The standard InChI is InChI=1S/C18H22N2O3/c1-12-4-5-16-15(10-17(22)23-18(16)13(12)2)11-19-6-8-20(9-7-19)14(3)21/h4-5,10H,6-9,11H2,1-3H3. The molecule has 23 heavy (non-hydrogen) atoms. The zero-order valence-corrected chi connectivity index (χ0v) is 13.9. The number of amides is 1. The molecule has 0 atom stereocenters. The van der Waals surface area contributed by atoms with E-state index in [-0.39, 0.29) is 11.5 Å². The molecule has 5 nitrogen and oxygen atoms in total. The fourth-order valence-electron chi connectivity index (χ4n) is 3.12. The van der Waals surface area contributed by atoms with Crippen LogP contribution >= 0.6 is 0 Å². The number of piperazine rings is 1. The van der Waals surface area contributed by atoms with Crippen molar-refractivity contribution in [1.82, 2.24) is 9.80 Å². The summed E-state index contributed by atoms with van der Waals surface area (Å²) in [5.41, 5.74) is 3.52. The van der Waals surface area contributed by atoms with Gasteiger partial charge in [-0.15, -0.1) is 0 Å². The summed E-state index contributed by atoms with van der Waals surface area (Å²) >= 11 is 0. The molecule has 0 saturated carbocycles. The second kappa shape index (κ2) is 6.16. The van der Waals surface area contributed by atoms with Crippen molar-refractivity contribution in [1.29, 1.82) is 0 Å². The molecule has 2 heterocycles. The van der Waals surface area contributed by atoms with E-state index in [0.717, 1.165) is 48.3 Å². The normalized spacial score (nSPS) is 16.0. The fraction of sp³-hybridized carbons (Fsp3) is 0.444. The van der Waals surface area contributed by atoms with Crippen molar-refractivity contribution in [3.63, 3.8) is 0 Å². The van der Waals surface area contributed by atoms with Gasteiger partial charge in [0.1, 0.15) is 5.58 Å². The molecule has 2 aromatic rings. The molecule has 0 N–H and O–H groups in total. The van der Waals surface area contributed by atoms with Crippen molar-refractivity contribution >= 4 is 16.9 Å². The van der Waals surface area contributed by atoms with Gasteiger partial charge in [0, 0.05) is 51.1 Å². The fourth-order valence-corrected chi connectivity index (χ4v) is 3.12. The first-order valence-electron chi connectivity index (χ1n) is 7.96. The first-order chi connectivity index (χ1) is 11.0. The zero-order valence-electron chi connectivity index (χ0n) is 13.9. The van der Waals surface area contributed by atoms with Gasteiger partial charge >= 0.3 is 5.63 Å². The highest BCUT2D eigenvalue weighted by atomic mass is 16.4. The molecular weight excluding hydrogens is 292 g/mol. The lowest BCUT2D eigenvalue weighted by Gasteiger charge is -2.34. The number of fused-ring (bicyclic) bond motifs is 1. The van der Waals surface area contributed by atoms with Crippen LogP contribution in [0, 0.1) is 13.8 Å². The van der Waals surface area contributed by atoms with Gasteiger partial charge in [0.2, 0.25) is 5.91 Å². The molecule has 1 aliphatic rings. The Labute approximate surface area is 135 Å². The monoisotopic (exact) mass is 314 g/mol. The van der Waals surface area contributed by atoms with Gasteiger partial charge in [-0.1, -0.05) is 12.1 Å². The Morgan fingerprint density at radius 1 is 1.17 bits per heavy atom. The third kappa shape index (κ3) is 3.15. The minimum absolute atomic E-state index is 0.126. The third-order valence-corrected chi connectivity index (χ3v) is 4.73. The quantitative estimate of drug-likeness (QED) is 0.796. The number of hydrogen-bond donors (Lipinski definition) is 0. The van der Waals surface area contributed by atoms with E-state index in [1.54, 1.807) is 13.0 Å². The number of nitrogens with zero attached hydrogens (tertiary/aromatic N) is 2. The molecule has 3 rings (SSSR count). The molecular formula is C18H22N2O3. The first-order valence-corrected chi connectivity index (χ1v) is 7.96. The number of rotatable bonds is 2. The van der Waals surface area contributed by atoms with Crippen LogP contribution in [-0.4, -0.2) is 41.9 Å². The molecule has 1 aromatic carbocycles. The summed E-state index contributed by atoms with van der Waals surface area (Å²) in [4.78, 5) is 27.5. The van der Waals surface area contributed by atoms with Crippen molar-refractivity contribution in [3.05, 3.63) is 45.3 Å². The molecule has 122 valence electrons. The lowest BCUT2D eigenvalue weighted by atomic mass is 10.0. The summed E-state index contributed by atoms with van der Waals surface area (Å²) in [5, 5.41) is 1.00. The second-order valence-electron chi connectivity index (χ2n) is 6.26. The number of benzene rings is 1. The molecule has 0 unspecified atom stereocenters. The summed E-state index contributed by atoms with van der Waals surface area (Å²) in [7, 11) is 0. The number of carbonyl (C=O) groups is 1. The van der Waals surface area contributed by atoms with Gasteiger partial charge in [-0.2, -0.15) is 0 Å². The third-order valence-electron chi connectivity index (χ3n) is 4.73. The van der Waals surface area contributed by atoms with E-state index in [0.29, 0.717) is 12.1 Å². The smallest absolute Gasteiger partial charge is 0.336 e. The van der Waals surface area contributed by atoms with Crippen LogP contribution in [0.1, 0.15) is 23.6 Å². The van der Waals surface area contributed by atoms with Gasteiger partial charge in [0.05, 0.1) is 0 Å². The molecule has 0 radical (unpaired) electrons. The van der Waals surface area contributed by atoms with Crippen LogP contribution in [0.4, 0.5) is 0 Å². The maximum Gasteiger partial charge on any atom is 0.336 e. The van der Waals surface area contributed by atoms with Gasteiger partial charge in [0.15, 0.2) is 0 Å². The highest BCUT2D eigenvalue weighted by Gasteiger charge is 2.20. The van der Waals surface area contributed by atoms with Crippen LogP contribution in [0.15, 0.2) is 27.4 Å². The van der Waals surface area contributed by atoms with E-state index in [9.17, 15) is 9.59 Å². The topological polar surface area (TPSA) is 53.8 Å². The van der Waals surface area contributed by atoms with Crippen LogP contribution in [0.5, 0.6) is 0 Å². The minimum atomic E-state index is -0.302. The van der Waals surface area contributed by atoms with Crippen molar-refractivity contribution in [2.75, 3.05) is 26.2 Å². The average Bonchev–Trinajstić information content (AvgIpc) is 2.52. The second-order valence-corrected chi connectivity index (χ2v) is 6.26. The Balaban J connectivity index is 1.88. The largest absolute Gasteiger partial charge is 0.422 e. The van der Waals surface area contributed by atoms with Crippen molar-refractivity contribution in [2.24, 2.45) is 0 Å². The Morgan fingerprint density at radius 3 is 2.52 bits per heavy atom. The van der Waals surface area contributed by atoms with E-state index < -0.39 is 0 Å². The van der Waals surface area contributed by atoms with Crippen molar-refractivity contribution in [2.45, 2.75) is 27.3 Å². The summed E-state index contributed by atoms with van der Waals surface area (Å²) < 4.78 is 5.42. The molecule has 1 saturated heterocycles. The Morgan fingerprint density at radius 2 is 1.87 bits per heavy atom. The lowest BCUT2D eigenvalue weighted by Crippen LogP contribution is -2.47. The molecule has 1 aliphatic heterocycles. The van der Waals surface area contributed by atoms with Crippen molar-refractivity contribution < 1.29 is 9.21 Å². The van der Waals surface area contributed by atoms with Crippen LogP contribution in [-0.2, 0) is 11.3 Å². The molecule has 1 amide bonds.